The van der Waals surface area contributed by atoms with Gasteiger partial charge in [0.1, 0.15) is 16.4 Å². The fourth-order valence-corrected chi connectivity index (χ4v) is 4.83. The quantitative estimate of drug-likeness (QED) is 0.131. The maximum absolute atomic E-state index is 13.2. The lowest BCUT2D eigenvalue weighted by Gasteiger charge is -2.23. The molecule has 2 heterocycles. The van der Waals surface area contributed by atoms with Crippen LogP contribution in [0.15, 0.2) is 54.1 Å². The van der Waals surface area contributed by atoms with E-state index in [4.69, 9.17) is 9.47 Å². The molecule has 0 radical (unpaired) electrons. The first-order chi connectivity index (χ1) is 17.2. The number of benzene rings is 2. The average molecular weight is 509 g/mol. The number of nitrogens with zero attached hydrogens (tertiary/aromatic N) is 3. The molecule has 184 valence electrons. The molecular formula is C24H19N3O8S. The second kappa shape index (κ2) is 9.58. The Kier molecular flexibility index (Phi) is 6.53. The number of ketones is 1. The van der Waals surface area contributed by atoms with Gasteiger partial charge in [-0.15, -0.1) is 0 Å². The van der Waals surface area contributed by atoms with Crippen LogP contribution in [0.25, 0.3) is 5.76 Å². The number of amides is 1. The summed E-state index contributed by atoms with van der Waals surface area (Å²) in [7, 11) is 2.65. The van der Waals surface area contributed by atoms with Gasteiger partial charge in [-0.1, -0.05) is 23.5 Å². The van der Waals surface area contributed by atoms with Crippen LogP contribution in [0.4, 0.5) is 10.8 Å². The zero-order chi connectivity index (χ0) is 26.1. The molecule has 1 aliphatic heterocycles. The van der Waals surface area contributed by atoms with Crippen LogP contribution in [-0.2, 0) is 14.3 Å². The Balaban J connectivity index is 1.94. The minimum Gasteiger partial charge on any atom is -0.507 e. The van der Waals surface area contributed by atoms with Gasteiger partial charge in [0, 0.05) is 17.7 Å². The zero-order valence-electron chi connectivity index (χ0n) is 19.3. The molecule has 11 nitrogen and oxygen atoms in total. The second-order valence-electron chi connectivity index (χ2n) is 7.65. The van der Waals surface area contributed by atoms with Crippen molar-refractivity contribution in [2.24, 2.45) is 0 Å². The molecule has 1 fully saturated rings. The van der Waals surface area contributed by atoms with Gasteiger partial charge in [-0.2, -0.15) is 0 Å². The fourth-order valence-electron chi connectivity index (χ4n) is 3.82. The highest BCUT2D eigenvalue weighted by molar-refractivity contribution is 7.17. The van der Waals surface area contributed by atoms with E-state index < -0.39 is 34.4 Å². The molecule has 0 saturated carbocycles. The number of aromatic nitrogens is 1. The van der Waals surface area contributed by atoms with Gasteiger partial charge in [0.15, 0.2) is 5.13 Å². The number of rotatable bonds is 6. The minimum absolute atomic E-state index is 0.0306. The number of thiazole rings is 1. The van der Waals surface area contributed by atoms with Crippen LogP contribution in [0.1, 0.15) is 32.5 Å². The highest BCUT2D eigenvalue weighted by Gasteiger charge is 2.48. The van der Waals surface area contributed by atoms with Gasteiger partial charge in [0.25, 0.3) is 11.5 Å². The number of hydrogen-bond donors (Lipinski definition) is 1. The number of aliphatic hydroxyl groups excluding tert-OH is 1. The molecular weight excluding hydrogens is 490 g/mol. The molecule has 4 rings (SSSR count). The summed E-state index contributed by atoms with van der Waals surface area (Å²) in [6.07, 6.45) is 0. The summed E-state index contributed by atoms with van der Waals surface area (Å²) < 4.78 is 9.95. The van der Waals surface area contributed by atoms with E-state index >= 15 is 0 Å². The molecule has 2 aromatic carbocycles. The first kappa shape index (κ1) is 24.5. The zero-order valence-corrected chi connectivity index (χ0v) is 20.1. The third-order valence-corrected chi connectivity index (χ3v) is 6.71. The molecule has 0 spiro atoms. The third kappa shape index (κ3) is 4.18. The molecule has 1 N–H and O–H groups in total. The van der Waals surface area contributed by atoms with Crippen LogP contribution in [0, 0.1) is 17.0 Å². The highest BCUT2D eigenvalue weighted by Crippen LogP contribution is 2.44. The molecule has 3 aromatic rings. The van der Waals surface area contributed by atoms with E-state index in [1.807, 2.05) is 0 Å². The van der Waals surface area contributed by atoms with Crippen LogP contribution in [-0.4, -0.2) is 46.9 Å². The Morgan fingerprint density at radius 3 is 2.47 bits per heavy atom. The first-order valence-electron chi connectivity index (χ1n) is 10.4. The van der Waals surface area contributed by atoms with Crippen molar-refractivity contribution in [2.75, 3.05) is 19.1 Å². The summed E-state index contributed by atoms with van der Waals surface area (Å²) in [6.45, 7) is 1.56. The lowest BCUT2D eigenvalue weighted by Crippen LogP contribution is -2.29. The molecule has 0 unspecified atom stereocenters. The van der Waals surface area contributed by atoms with Gasteiger partial charge in [0.2, 0.25) is 0 Å². The minimum atomic E-state index is -1.17. The number of nitro groups is 1. The predicted octanol–water partition coefficient (Wildman–Crippen LogP) is 3.78. The van der Waals surface area contributed by atoms with Gasteiger partial charge in [-0.05, 0) is 36.8 Å². The summed E-state index contributed by atoms with van der Waals surface area (Å²) in [5.74, 6) is -2.66. The lowest BCUT2D eigenvalue weighted by atomic mass is 9.95. The van der Waals surface area contributed by atoms with Crippen molar-refractivity contribution < 1.29 is 33.9 Å². The van der Waals surface area contributed by atoms with E-state index in [2.05, 4.69) is 4.98 Å². The predicted molar refractivity (Wildman–Crippen MR) is 129 cm³/mol. The van der Waals surface area contributed by atoms with Crippen LogP contribution in [0.2, 0.25) is 0 Å². The number of methoxy groups -OCH3 is 2. The van der Waals surface area contributed by atoms with Crippen molar-refractivity contribution in [3.05, 3.63) is 85.9 Å². The number of aliphatic hydroxyl groups is 1. The largest absolute Gasteiger partial charge is 0.507 e. The van der Waals surface area contributed by atoms with Gasteiger partial charge in [-0.3, -0.25) is 24.6 Å². The van der Waals surface area contributed by atoms with E-state index in [1.165, 1.54) is 44.6 Å². The Hall–Kier alpha value is -4.58. The number of nitro benzene ring substituents is 1. The van der Waals surface area contributed by atoms with Crippen molar-refractivity contribution in [2.45, 2.75) is 13.0 Å². The Morgan fingerprint density at radius 1 is 1.17 bits per heavy atom. The first-order valence-corrected chi connectivity index (χ1v) is 11.2. The second-order valence-corrected chi connectivity index (χ2v) is 8.63. The molecule has 1 aromatic heterocycles. The topological polar surface area (TPSA) is 149 Å². The van der Waals surface area contributed by atoms with Gasteiger partial charge in [0.05, 0.1) is 36.5 Å². The normalized spacial score (nSPS) is 16.8. The van der Waals surface area contributed by atoms with Crippen LogP contribution >= 0.6 is 11.3 Å². The van der Waals surface area contributed by atoms with Crippen molar-refractivity contribution in [1.82, 2.24) is 4.98 Å². The summed E-state index contributed by atoms with van der Waals surface area (Å²) in [5.41, 5.74) is 0.400. The number of hydrogen-bond acceptors (Lipinski definition) is 10. The van der Waals surface area contributed by atoms with Crippen LogP contribution < -0.4 is 9.64 Å². The maximum Gasteiger partial charge on any atom is 0.350 e. The molecule has 1 amide bonds. The monoisotopic (exact) mass is 509 g/mol. The standard InChI is InChI=1S/C24H19N3O8S/c1-12-21(23(31)35-3)36-24(25-12)26-18(13-7-9-15(10-8-13)27(32)33)17(20(29)22(26)30)19(28)14-5-4-6-16(11-14)34-2/h4-11,18,28H,1-3H3/b19-17+/t18-/m0/s1. The van der Waals surface area contributed by atoms with E-state index in [0.717, 1.165) is 16.2 Å². The smallest absolute Gasteiger partial charge is 0.350 e. The summed E-state index contributed by atoms with van der Waals surface area (Å²) >= 11 is 0.852. The SMILES string of the molecule is COC(=O)c1sc(N2C(=O)C(=O)/C(=C(/O)c3cccc(OC)c3)[C@@H]2c2ccc([N+](=O)[O-])cc2)nc1C. The van der Waals surface area contributed by atoms with E-state index in [1.54, 1.807) is 25.1 Å². The summed E-state index contributed by atoms with van der Waals surface area (Å²) in [4.78, 5) is 54.7. The third-order valence-electron chi connectivity index (χ3n) is 5.57. The molecule has 1 aliphatic rings. The summed E-state index contributed by atoms with van der Waals surface area (Å²) in [5, 5.41) is 22.4. The Labute approximate surface area is 208 Å². The van der Waals surface area contributed by atoms with Gasteiger partial charge in [-0.25, -0.2) is 9.78 Å². The maximum atomic E-state index is 13.2. The molecule has 0 aliphatic carbocycles. The molecule has 0 bridgehead atoms. The summed E-state index contributed by atoms with van der Waals surface area (Å²) in [6, 6.07) is 10.4. The number of carbonyl (C=O) groups is 3. The number of Topliss-reactive ketones (excluding diaryl/α,β-unsaturated/α-hetero) is 1. The number of carbonyl (C=O) groups excluding carboxylic acids is 3. The van der Waals surface area contributed by atoms with Crippen LogP contribution in [0.5, 0.6) is 5.75 Å². The van der Waals surface area contributed by atoms with E-state index in [0.29, 0.717) is 17.0 Å². The van der Waals surface area contributed by atoms with E-state index in [-0.39, 0.29) is 26.8 Å². The van der Waals surface area contributed by atoms with Gasteiger partial charge < -0.3 is 14.6 Å². The Bertz CT molecular complexity index is 1430. The number of anilines is 1. The number of ether oxygens (including phenoxy) is 2. The average Bonchev–Trinajstić information content (AvgIpc) is 3.39. The van der Waals surface area contributed by atoms with Crippen molar-refractivity contribution in [3.63, 3.8) is 0 Å². The highest BCUT2D eigenvalue weighted by atomic mass is 32.1. The van der Waals surface area contributed by atoms with E-state index in [9.17, 15) is 29.6 Å². The molecule has 1 atom stereocenters. The Morgan fingerprint density at radius 2 is 1.86 bits per heavy atom. The number of non-ortho nitro benzene ring substituents is 1. The molecule has 36 heavy (non-hydrogen) atoms. The molecule has 1 saturated heterocycles. The number of aryl methyl sites for hydroxylation is 1. The van der Waals surface area contributed by atoms with Gasteiger partial charge >= 0.3 is 11.9 Å². The fraction of sp³-hybridized carbons (Fsp3) is 0.167. The van der Waals surface area contributed by atoms with Crippen LogP contribution in [0.3, 0.4) is 0 Å². The van der Waals surface area contributed by atoms with Crippen molar-refractivity contribution in [3.8, 4) is 5.75 Å². The van der Waals surface area contributed by atoms with Crippen molar-refractivity contribution in [1.29, 1.82) is 0 Å². The lowest BCUT2D eigenvalue weighted by molar-refractivity contribution is -0.384. The van der Waals surface area contributed by atoms with Crippen molar-refractivity contribution >= 4 is 45.6 Å². The molecule has 12 heteroatoms. The number of esters is 1.